The van der Waals surface area contributed by atoms with Crippen molar-refractivity contribution >= 4 is 5.97 Å². The Bertz CT molecular complexity index is 335. The Morgan fingerprint density at radius 1 is 0.800 bits per heavy atom. The molecule has 0 unspecified atom stereocenters. The maximum absolute atomic E-state index is 10.2. The van der Waals surface area contributed by atoms with Crippen molar-refractivity contribution in [1.82, 2.24) is 0 Å². The van der Waals surface area contributed by atoms with Crippen molar-refractivity contribution in [3.05, 3.63) is 48.6 Å². The third-order valence-corrected chi connectivity index (χ3v) is 2.90. The minimum atomic E-state index is -0.923. The fraction of sp³-hybridized carbons (Fsp3) is 0.500. The molecule has 0 aromatic rings. The molecule has 0 radical (unpaired) electrons. The van der Waals surface area contributed by atoms with Gasteiger partial charge >= 0.3 is 5.97 Å². The van der Waals surface area contributed by atoms with E-state index in [-0.39, 0.29) is 0 Å². The lowest BCUT2D eigenvalue weighted by molar-refractivity contribution is -0.131. The van der Waals surface area contributed by atoms with Crippen molar-refractivity contribution in [2.24, 2.45) is 0 Å². The predicted octanol–water partition coefficient (Wildman–Crippen LogP) is 5.44. The maximum atomic E-state index is 10.2. The zero-order valence-corrected chi connectivity index (χ0v) is 12.6. The Labute approximate surface area is 123 Å². The summed E-state index contributed by atoms with van der Waals surface area (Å²) in [6.07, 6.45) is 24.8. The lowest BCUT2D eigenvalue weighted by atomic mass is 10.1. The van der Waals surface area contributed by atoms with Gasteiger partial charge in [-0.15, -0.1) is 0 Å². The molecule has 2 heteroatoms. The lowest BCUT2D eigenvalue weighted by Gasteiger charge is -1.98. The van der Waals surface area contributed by atoms with Crippen LogP contribution < -0.4 is 0 Å². The van der Waals surface area contributed by atoms with Crippen molar-refractivity contribution in [1.29, 1.82) is 0 Å². The Morgan fingerprint density at radius 2 is 1.35 bits per heavy atom. The van der Waals surface area contributed by atoms with E-state index in [1.54, 1.807) is 6.08 Å². The fourth-order valence-electron chi connectivity index (χ4n) is 1.79. The third-order valence-electron chi connectivity index (χ3n) is 2.90. The highest BCUT2D eigenvalue weighted by Crippen LogP contribution is 2.08. The van der Waals surface area contributed by atoms with E-state index in [2.05, 4.69) is 13.0 Å². The number of allylic oxidation sites excluding steroid dienone is 7. The summed E-state index contributed by atoms with van der Waals surface area (Å²) < 4.78 is 0. The molecule has 0 aromatic carbocycles. The molecule has 0 fully saturated rings. The van der Waals surface area contributed by atoms with Gasteiger partial charge in [-0.2, -0.15) is 0 Å². The average molecular weight is 276 g/mol. The van der Waals surface area contributed by atoms with E-state index in [1.807, 2.05) is 24.3 Å². The van der Waals surface area contributed by atoms with Crippen LogP contribution in [0.1, 0.15) is 58.3 Å². The van der Waals surface area contributed by atoms with E-state index >= 15 is 0 Å². The fourth-order valence-corrected chi connectivity index (χ4v) is 1.79. The van der Waals surface area contributed by atoms with Gasteiger partial charge in [0.15, 0.2) is 0 Å². The van der Waals surface area contributed by atoms with Crippen molar-refractivity contribution in [3.8, 4) is 0 Å². The molecule has 0 aliphatic heterocycles. The monoisotopic (exact) mass is 276 g/mol. The van der Waals surface area contributed by atoms with Crippen LogP contribution in [0.2, 0.25) is 0 Å². The minimum absolute atomic E-state index is 0.923. The van der Waals surface area contributed by atoms with Crippen molar-refractivity contribution in [3.63, 3.8) is 0 Å². The Morgan fingerprint density at radius 3 is 2.00 bits per heavy atom. The number of carbonyl (C=O) groups is 1. The highest BCUT2D eigenvalue weighted by molar-refractivity contribution is 5.80. The number of rotatable bonds is 12. The standard InChI is InChI=1S/C18H28O2/c1-2-3-4-5-6-7-8-9-10-11-12-13-14-15-16-17-18(19)20/h10-17H,2-9H2,1H3,(H,19,20)/b11-10-,13-12-,15-14-,17-16-. The topological polar surface area (TPSA) is 37.3 Å². The van der Waals surface area contributed by atoms with E-state index in [1.165, 1.54) is 51.0 Å². The molecular weight excluding hydrogens is 248 g/mol. The molecule has 0 aliphatic rings. The second-order valence-corrected chi connectivity index (χ2v) is 4.81. The van der Waals surface area contributed by atoms with Gasteiger partial charge in [0.05, 0.1) is 0 Å². The molecule has 0 aliphatic carbocycles. The van der Waals surface area contributed by atoms with Crippen LogP contribution in [0.15, 0.2) is 48.6 Å². The summed E-state index contributed by atoms with van der Waals surface area (Å²) in [5.41, 5.74) is 0. The van der Waals surface area contributed by atoms with Crippen molar-refractivity contribution in [2.75, 3.05) is 0 Å². The second kappa shape index (κ2) is 15.5. The summed E-state index contributed by atoms with van der Waals surface area (Å²) in [6, 6.07) is 0. The largest absolute Gasteiger partial charge is 0.478 e. The van der Waals surface area contributed by atoms with Crippen LogP contribution in [-0.2, 0) is 4.79 Å². The molecular formula is C18H28O2. The molecule has 0 bridgehead atoms. The van der Waals surface area contributed by atoms with Gasteiger partial charge in [-0.25, -0.2) is 4.79 Å². The molecule has 0 rings (SSSR count). The summed E-state index contributed by atoms with van der Waals surface area (Å²) in [5.74, 6) is -0.923. The van der Waals surface area contributed by atoms with Crippen molar-refractivity contribution < 1.29 is 9.90 Å². The van der Waals surface area contributed by atoms with Gasteiger partial charge in [0.2, 0.25) is 0 Å². The van der Waals surface area contributed by atoms with E-state index in [4.69, 9.17) is 5.11 Å². The smallest absolute Gasteiger partial charge is 0.328 e. The number of carboxylic acid groups (broad SMARTS) is 1. The van der Waals surface area contributed by atoms with E-state index in [9.17, 15) is 4.79 Å². The Balaban J connectivity index is 3.41. The maximum Gasteiger partial charge on any atom is 0.328 e. The van der Waals surface area contributed by atoms with Gasteiger partial charge in [0, 0.05) is 6.08 Å². The molecule has 2 nitrogen and oxygen atoms in total. The summed E-state index contributed by atoms with van der Waals surface area (Å²) in [4.78, 5) is 10.2. The lowest BCUT2D eigenvalue weighted by Crippen LogP contribution is -1.84. The zero-order chi connectivity index (χ0) is 14.9. The molecule has 112 valence electrons. The average Bonchev–Trinajstić information content (AvgIpc) is 2.43. The molecule has 0 saturated heterocycles. The zero-order valence-electron chi connectivity index (χ0n) is 12.6. The third kappa shape index (κ3) is 16.4. The summed E-state index contributed by atoms with van der Waals surface area (Å²) in [7, 11) is 0. The van der Waals surface area contributed by atoms with E-state index in [0.29, 0.717) is 0 Å². The van der Waals surface area contributed by atoms with Gasteiger partial charge in [0.1, 0.15) is 0 Å². The first-order valence-corrected chi connectivity index (χ1v) is 7.67. The molecule has 0 atom stereocenters. The van der Waals surface area contributed by atoms with Crippen LogP contribution in [-0.4, -0.2) is 11.1 Å². The molecule has 0 amide bonds. The van der Waals surface area contributed by atoms with E-state index < -0.39 is 5.97 Å². The number of aliphatic carboxylic acids is 1. The van der Waals surface area contributed by atoms with E-state index in [0.717, 1.165) is 12.5 Å². The molecule has 0 spiro atoms. The number of hydrogen-bond acceptors (Lipinski definition) is 1. The van der Waals surface area contributed by atoms with Crippen LogP contribution in [0.4, 0.5) is 0 Å². The SMILES string of the molecule is CCCCCCCCC\C=C/C=C\C=C/C=C\C(=O)O. The highest BCUT2D eigenvalue weighted by atomic mass is 16.4. The first-order chi connectivity index (χ1) is 9.77. The highest BCUT2D eigenvalue weighted by Gasteiger charge is 1.88. The van der Waals surface area contributed by atoms with Crippen LogP contribution >= 0.6 is 0 Å². The normalized spacial score (nSPS) is 12.4. The second-order valence-electron chi connectivity index (χ2n) is 4.81. The first-order valence-electron chi connectivity index (χ1n) is 7.67. The van der Waals surface area contributed by atoms with Crippen LogP contribution in [0.5, 0.6) is 0 Å². The molecule has 0 saturated carbocycles. The van der Waals surface area contributed by atoms with Gasteiger partial charge in [-0.3, -0.25) is 0 Å². The van der Waals surface area contributed by atoms with Gasteiger partial charge < -0.3 is 5.11 Å². The molecule has 0 heterocycles. The Hall–Kier alpha value is -1.57. The predicted molar refractivity (Wildman–Crippen MR) is 86.8 cm³/mol. The Kier molecular flexibility index (Phi) is 14.3. The minimum Gasteiger partial charge on any atom is -0.478 e. The van der Waals surface area contributed by atoms with Gasteiger partial charge in [0.25, 0.3) is 0 Å². The quantitative estimate of drug-likeness (QED) is 0.293. The van der Waals surface area contributed by atoms with Crippen LogP contribution in [0.3, 0.4) is 0 Å². The van der Waals surface area contributed by atoms with Gasteiger partial charge in [-0.05, 0) is 12.8 Å². The summed E-state index contributed by atoms with van der Waals surface area (Å²) >= 11 is 0. The first kappa shape index (κ1) is 18.4. The summed E-state index contributed by atoms with van der Waals surface area (Å²) in [6.45, 7) is 2.25. The number of unbranched alkanes of at least 4 members (excludes halogenated alkanes) is 7. The van der Waals surface area contributed by atoms with Gasteiger partial charge in [-0.1, -0.05) is 88.0 Å². The number of carboxylic acids is 1. The van der Waals surface area contributed by atoms with Crippen LogP contribution in [0, 0.1) is 0 Å². The molecule has 0 aromatic heterocycles. The summed E-state index contributed by atoms with van der Waals surface area (Å²) in [5, 5.41) is 8.37. The molecule has 1 N–H and O–H groups in total. The van der Waals surface area contributed by atoms with Crippen molar-refractivity contribution in [2.45, 2.75) is 58.3 Å². The molecule has 20 heavy (non-hydrogen) atoms. The number of hydrogen-bond donors (Lipinski definition) is 1. The van der Waals surface area contributed by atoms with Crippen LogP contribution in [0.25, 0.3) is 0 Å².